The van der Waals surface area contributed by atoms with E-state index in [9.17, 15) is 19.2 Å². The van der Waals surface area contributed by atoms with Gasteiger partial charge in [0.05, 0.1) is 23.1 Å². The zero-order valence-electron chi connectivity index (χ0n) is 17.6. The van der Waals surface area contributed by atoms with Crippen molar-refractivity contribution in [2.45, 2.75) is 32.6 Å². The van der Waals surface area contributed by atoms with Crippen LogP contribution < -0.4 is 10.2 Å². The van der Waals surface area contributed by atoms with Gasteiger partial charge in [0.25, 0.3) is 5.91 Å². The summed E-state index contributed by atoms with van der Waals surface area (Å²) >= 11 is 5.95. The number of nitrogens with one attached hydrogen (secondary N) is 1. The topological polar surface area (TPSA) is 92.8 Å². The molecule has 2 aliphatic rings. The summed E-state index contributed by atoms with van der Waals surface area (Å²) in [6.07, 6.45) is 3.32. The summed E-state index contributed by atoms with van der Waals surface area (Å²) in [5, 5.41) is 3.13. The Labute approximate surface area is 190 Å². The predicted octanol–water partition coefficient (Wildman–Crippen LogP) is 4.12. The van der Waals surface area contributed by atoms with Crippen LogP contribution >= 0.6 is 11.6 Å². The minimum atomic E-state index is -0.721. The molecule has 8 heteroatoms. The maximum atomic E-state index is 12.8. The number of nitrogens with zero attached hydrogens (tertiary/aromatic N) is 1. The molecule has 1 N–H and O–H groups in total. The Morgan fingerprint density at radius 1 is 1.06 bits per heavy atom. The van der Waals surface area contributed by atoms with Crippen LogP contribution in [0.15, 0.2) is 42.5 Å². The summed E-state index contributed by atoms with van der Waals surface area (Å²) in [5.74, 6) is -2.19. The summed E-state index contributed by atoms with van der Waals surface area (Å²) in [4.78, 5) is 51.5. The average Bonchev–Trinajstić information content (AvgIpc) is 3.05. The number of amides is 3. The third-order valence-electron chi connectivity index (χ3n) is 5.99. The van der Waals surface area contributed by atoms with Crippen LogP contribution in [0.25, 0.3) is 0 Å². The number of ether oxygens (including phenoxy) is 1. The monoisotopic (exact) mass is 454 g/mol. The van der Waals surface area contributed by atoms with Gasteiger partial charge in [-0.05, 0) is 55.7 Å². The third kappa shape index (κ3) is 4.39. The number of esters is 1. The molecule has 0 bridgehead atoms. The van der Waals surface area contributed by atoms with Crippen molar-refractivity contribution in [1.29, 1.82) is 0 Å². The number of carbonyl (C=O) groups is 4. The molecule has 2 atom stereocenters. The second-order valence-corrected chi connectivity index (χ2v) is 8.58. The first-order chi connectivity index (χ1) is 15.3. The summed E-state index contributed by atoms with van der Waals surface area (Å²) in [7, 11) is 0. The number of anilines is 2. The summed E-state index contributed by atoms with van der Waals surface area (Å²) in [6.45, 7) is 1.33. The molecule has 2 aromatic carbocycles. The van der Waals surface area contributed by atoms with Crippen LogP contribution in [-0.2, 0) is 19.1 Å². The maximum Gasteiger partial charge on any atom is 0.338 e. The highest BCUT2D eigenvalue weighted by Gasteiger charge is 2.48. The molecule has 2 fully saturated rings. The van der Waals surface area contributed by atoms with Gasteiger partial charge in [-0.15, -0.1) is 0 Å². The molecule has 1 heterocycles. The quantitative estimate of drug-likeness (QED) is 0.541. The molecule has 1 saturated heterocycles. The summed E-state index contributed by atoms with van der Waals surface area (Å²) in [5.41, 5.74) is 1.86. The molecule has 1 aliphatic heterocycles. The maximum absolute atomic E-state index is 12.8. The largest absolute Gasteiger partial charge is 0.452 e. The van der Waals surface area contributed by atoms with E-state index in [-0.39, 0.29) is 29.2 Å². The molecule has 1 saturated carbocycles. The van der Waals surface area contributed by atoms with Crippen LogP contribution in [-0.4, -0.2) is 30.3 Å². The second-order valence-electron chi connectivity index (χ2n) is 8.14. The van der Waals surface area contributed by atoms with Crippen LogP contribution in [0.5, 0.6) is 0 Å². The van der Waals surface area contributed by atoms with E-state index in [1.54, 1.807) is 30.3 Å². The van der Waals surface area contributed by atoms with Gasteiger partial charge in [0, 0.05) is 10.7 Å². The number of benzene rings is 2. The van der Waals surface area contributed by atoms with Gasteiger partial charge in [0.15, 0.2) is 6.61 Å². The van der Waals surface area contributed by atoms with E-state index in [1.165, 1.54) is 17.0 Å². The Kier molecular flexibility index (Phi) is 6.28. The molecule has 7 nitrogen and oxygen atoms in total. The Hall–Kier alpha value is -3.19. The second kappa shape index (κ2) is 9.12. The van der Waals surface area contributed by atoms with E-state index in [4.69, 9.17) is 16.3 Å². The molecular weight excluding hydrogens is 432 g/mol. The SMILES string of the molecule is Cc1ccc(Cl)cc1NC(=O)COC(=O)c1cccc(N2C(=O)[C@@H]3CCCC[C@H]3C2=O)c1. The highest BCUT2D eigenvalue weighted by atomic mass is 35.5. The lowest BCUT2D eigenvalue weighted by molar-refractivity contribution is -0.122. The molecule has 2 aromatic rings. The van der Waals surface area contributed by atoms with Gasteiger partial charge in [0.1, 0.15) is 0 Å². The van der Waals surface area contributed by atoms with Gasteiger partial charge in [-0.1, -0.05) is 36.6 Å². The normalized spacial score (nSPS) is 20.1. The lowest BCUT2D eigenvalue weighted by Gasteiger charge is -2.19. The van der Waals surface area contributed by atoms with E-state index in [1.807, 2.05) is 6.92 Å². The molecule has 1 aliphatic carbocycles. The van der Waals surface area contributed by atoms with Crippen molar-refractivity contribution in [3.05, 3.63) is 58.6 Å². The van der Waals surface area contributed by atoms with Crippen LogP contribution in [0.4, 0.5) is 11.4 Å². The molecule has 0 aromatic heterocycles. The molecule has 4 rings (SSSR count). The van der Waals surface area contributed by atoms with Crippen LogP contribution in [0, 0.1) is 18.8 Å². The number of halogens is 1. The fourth-order valence-corrected chi connectivity index (χ4v) is 4.49. The summed E-state index contributed by atoms with van der Waals surface area (Å²) in [6, 6.07) is 11.3. The van der Waals surface area contributed by atoms with E-state index in [0.29, 0.717) is 29.2 Å². The number of fused-ring (bicyclic) bond motifs is 1. The number of imide groups is 1. The zero-order chi connectivity index (χ0) is 22.8. The number of aryl methyl sites for hydroxylation is 1. The smallest absolute Gasteiger partial charge is 0.338 e. The van der Waals surface area contributed by atoms with Gasteiger partial charge in [-0.25, -0.2) is 4.79 Å². The Morgan fingerprint density at radius 2 is 1.75 bits per heavy atom. The molecule has 32 heavy (non-hydrogen) atoms. The summed E-state index contributed by atoms with van der Waals surface area (Å²) < 4.78 is 5.13. The number of carbonyl (C=O) groups excluding carboxylic acids is 4. The molecule has 0 unspecified atom stereocenters. The van der Waals surface area contributed by atoms with Crippen molar-refractivity contribution < 1.29 is 23.9 Å². The molecule has 3 amide bonds. The first kappa shape index (κ1) is 22.0. The van der Waals surface area contributed by atoms with Crippen molar-refractivity contribution in [2.75, 3.05) is 16.8 Å². The number of hydrogen-bond acceptors (Lipinski definition) is 5. The Bertz CT molecular complexity index is 1080. The highest BCUT2D eigenvalue weighted by Crippen LogP contribution is 2.40. The molecule has 166 valence electrons. The lowest BCUT2D eigenvalue weighted by atomic mass is 9.81. The van der Waals surface area contributed by atoms with E-state index in [2.05, 4.69) is 5.32 Å². The van der Waals surface area contributed by atoms with Gasteiger partial charge in [0.2, 0.25) is 11.8 Å². The van der Waals surface area contributed by atoms with Gasteiger partial charge >= 0.3 is 5.97 Å². The number of rotatable bonds is 5. The van der Waals surface area contributed by atoms with Crippen LogP contribution in [0.3, 0.4) is 0 Å². The van der Waals surface area contributed by atoms with Crippen molar-refractivity contribution >= 4 is 46.7 Å². The third-order valence-corrected chi connectivity index (χ3v) is 6.22. The predicted molar refractivity (Wildman–Crippen MR) is 119 cm³/mol. The standard InChI is InChI=1S/C24H23ClN2O5/c1-14-9-10-16(25)12-20(14)26-21(28)13-32-24(31)15-5-4-6-17(11-15)27-22(29)18-7-2-3-8-19(18)23(27)30/h4-6,9-12,18-19H,2-3,7-8,13H2,1H3,(H,26,28)/t18-,19-/m1/s1. The van der Waals surface area contributed by atoms with Crippen LogP contribution in [0.2, 0.25) is 5.02 Å². The van der Waals surface area contributed by atoms with Crippen molar-refractivity contribution in [3.8, 4) is 0 Å². The molecular formula is C24H23ClN2O5. The fourth-order valence-electron chi connectivity index (χ4n) is 4.32. The minimum Gasteiger partial charge on any atom is -0.452 e. The zero-order valence-corrected chi connectivity index (χ0v) is 18.4. The Balaban J connectivity index is 1.41. The van der Waals surface area contributed by atoms with Crippen molar-refractivity contribution in [3.63, 3.8) is 0 Å². The van der Waals surface area contributed by atoms with Gasteiger partial charge in [-0.3, -0.25) is 19.3 Å². The first-order valence-corrected chi connectivity index (χ1v) is 10.9. The van der Waals surface area contributed by atoms with E-state index < -0.39 is 18.5 Å². The first-order valence-electron chi connectivity index (χ1n) is 10.6. The molecule has 0 spiro atoms. The van der Waals surface area contributed by atoms with E-state index in [0.717, 1.165) is 18.4 Å². The van der Waals surface area contributed by atoms with Crippen LogP contribution in [0.1, 0.15) is 41.6 Å². The van der Waals surface area contributed by atoms with Crippen molar-refractivity contribution in [2.24, 2.45) is 11.8 Å². The minimum absolute atomic E-state index is 0.157. The fraction of sp³-hybridized carbons (Fsp3) is 0.333. The van der Waals surface area contributed by atoms with Crippen molar-refractivity contribution in [1.82, 2.24) is 0 Å². The van der Waals surface area contributed by atoms with Gasteiger partial charge < -0.3 is 10.1 Å². The number of hydrogen-bond donors (Lipinski definition) is 1. The lowest BCUT2D eigenvalue weighted by Crippen LogP contribution is -2.31. The van der Waals surface area contributed by atoms with Gasteiger partial charge in [-0.2, -0.15) is 0 Å². The highest BCUT2D eigenvalue weighted by molar-refractivity contribution is 6.31. The molecule has 0 radical (unpaired) electrons. The Morgan fingerprint density at radius 3 is 2.44 bits per heavy atom. The average molecular weight is 455 g/mol. The van der Waals surface area contributed by atoms with E-state index >= 15 is 0 Å².